The third-order valence-electron chi connectivity index (χ3n) is 2.71. The average molecular weight is 287 g/mol. The standard InChI is InChI=1S/C13H12O3S.K/c1-3-11-9(2)8-10-6-4-5-7-12(10)13(11)17(14,15)16;/h3-8H,1H2,2H3,(H,14,15,16);. The van der Waals surface area contributed by atoms with Crippen LogP contribution >= 0.6 is 0 Å². The van der Waals surface area contributed by atoms with E-state index in [0.717, 1.165) is 10.9 Å². The summed E-state index contributed by atoms with van der Waals surface area (Å²) in [4.78, 5) is -0.0666. The van der Waals surface area contributed by atoms with Gasteiger partial charge in [0.1, 0.15) is 4.90 Å². The summed E-state index contributed by atoms with van der Waals surface area (Å²) in [6.45, 7) is 5.39. The Morgan fingerprint density at radius 3 is 2.44 bits per heavy atom. The molecule has 0 heterocycles. The molecular formula is C13H12KO3S. The van der Waals surface area contributed by atoms with E-state index in [1.54, 1.807) is 19.1 Å². The number of hydrogen-bond acceptors (Lipinski definition) is 2. The van der Waals surface area contributed by atoms with Crippen molar-refractivity contribution in [3.63, 3.8) is 0 Å². The van der Waals surface area contributed by atoms with Gasteiger partial charge in [0.05, 0.1) is 0 Å². The van der Waals surface area contributed by atoms with E-state index in [4.69, 9.17) is 0 Å². The minimum absolute atomic E-state index is 0. The molecule has 2 rings (SSSR count). The van der Waals surface area contributed by atoms with Gasteiger partial charge in [-0.05, 0) is 23.4 Å². The molecule has 0 bridgehead atoms. The Hall–Kier alpha value is -0.0136. The summed E-state index contributed by atoms with van der Waals surface area (Å²) in [7, 11) is -4.27. The minimum Gasteiger partial charge on any atom is -0.282 e. The van der Waals surface area contributed by atoms with Crippen molar-refractivity contribution in [3.05, 3.63) is 48.0 Å². The first-order valence-corrected chi connectivity index (χ1v) is 6.51. The Morgan fingerprint density at radius 2 is 1.89 bits per heavy atom. The van der Waals surface area contributed by atoms with E-state index in [0.29, 0.717) is 10.9 Å². The maximum Gasteiger partial charge on any atom is 0.295 e. The van der Waals surface area contributed by atoms with Crippen LogP contribution in [0.25, 0.3) is 16.8 Å². The molecule has 2 aromatic rings. The first kappa shape index (κ1) is 16.0. The van der Waals surface area contributed by atoms with Crippen molar-refractivity contribution in [2.45, 2.75) is 11.8 Å². The molecular weight excluding hydrogens is 275 g/mol. The summed E-state index contributed by atoms with van der Waals surface area (Å²) in [6, 6.07) is 8.91. The molecule has 0 amide bonds. The minimum atomic E-state index is -4.27. The second-order valence-corrected chi connectivity index (χ2v) is 5.19. The van der Waals surface area contributed by atoms with E-state index in [1.165, 1.54) is 6.08 Å². The SMILES string of the molecule is C=Cc1c(C)cc2ccccc2c1S(=O)(=O)O.[K]. The van der Waals surface area contributed by atoms with Crippen LogP contribution in [0, 0.1) is 6.92 Å². The summed E-state index contributed by atoms with van der Waals surface area (Å²) >= 11 is 0. The molecule has 5 heteroatoms. The van der Waals surface area contributed by atoms with Crippen LogP contribution in [-0.2, 0) is 10.1 Å². The molecule has 0 spiro atoms. The van der Waals surface area contributed by atoms with E-state index in [-0.39, 0.29) is 56.3 Å². The summed E-state index contributed by atoms with van der Waals surface area (Å²) in [5.41, 5.74) is 1.22. The molecule has 1 radical (unpaired) electrons. The van der Waals surface area contributed by atoms with E-state index < -0.39 is 10.1 Å². The van der Waals surface area contributed by atoms with Gasteiger partial charge in [0.25, 0.3) is 10.1 Å². The second-order valence-electron chi connectivity index (χ2n) is 3.84. The second kappa shape index (κ2) is 5.96. The van der Waals surface area contributed by atoms with Crippen molar-refractivity contribution < 1.29 is 13.0 Å². The van der Waals surface area contributed by atoms with Crippen LogP contribution in [0.2, 0.25) is 0 Å². The smallest absolute Gasteiger partial charge is 0.282 e. The Balaban J connectivity index is 0.00000162. The van der Waals surface area contributed by atoms with Crippen molar-refractivity contribution in [2.75, 3.05) is 0 Å². The number of fused-ring (bicyclic) bond motifs is 1. The maximum atomic E-state index is 11.5. The van der Waals surface area contributed by atoms with Gasteiger partial charge in [0, 0.05) is 56.8 Å². The monoisotopic (exact) mass is 287 g/mol. The molecule has 0 fully saturated rings. The first-order chi connectivity index (χ1) is 7.95. The Morgan fingerprint density at radius 1 is 1.28 bits per heavy atom. The largest absolute Gasteiger partial charge is 0.295 e. The van der Waals surface area contributed by atoms with Gasteiger partial charge >= 0.3 is 0 Å². The normalized spacial score (nSPS) is 11.0. The van der Waals surface area contributed by atoms with E-state index in [1.807, 2.05) is 18.2 Å². The topological polar surface area (TPSA) is 54.4 Å². The summed E-state index contributed by atoms with van der Waals surface area (Å²) in [6.07, 6.45) is 1.45. The fraction of sp³-hybridized carbons (Fsp3) is 0.0769. The molecule has 0 atom stereocenters. The third-order valence-corrected chi connectivity index (χ3v) is 3.66. The van der Waals surface area contributed by atoms with Crippen LogP contribution in [0.3, 0.4) is 0 Å². The zero-order chi connectivity index (χ0) is 12.6. The quantitative estimate of drug-likeness (QED) is 0.682. The first-order valence-electron chi connectivity index (χ1n) is 5.07. The summed E-state index contributed by atoms with van der Waals surface area (Å²) in [5, 5.41) is 1.29. The summed E-state index contributed by atoms with van der Waals surface area (Å²) in [5.74, 6) is 0. The van der Waals surface area contributed by atoms with Gasteiger partial charge in [0.2, 0.25) is 0 Å². The van der Waals surface area contributed by atoms with Crippen molar-refractivity contribution in [1.29, 1.82) is 0 Å². The van der Waals surface area contributed by atoms with Crippen molar-refractivity contribution in [2.24, 2.45) is 0 Å². The van der Waals surface area contributed by atoms with Crippen molar-refractivity contribution in [1.82, 2.24) is 0 Å². The van der Waals surface area contributed by atoms with E-state index in [2.05, 4.69) is 6.58 Å². The van der Waals surface area contributed by atoms with Crippen LogP contribution in [0.15, 0.2) is 41.8 Å². The maximum absolute atomic E-state index is 11.5. The molecule has 0 unspecified atom stereocenters. The number of hydrogen-bond donors (Lipinski definition) is 1. The van der Waals surface area contributed by atoms with Gasteiger partial charge in [-0.3, -0.25) is 4.55 Å². The van der Waals surface area contributed by atoms with E-state index >= 15 is 0 Å². The number of aryl methyl sites for hydroxylation is 1. The molecule has 89 valence electrons. The Labute approximate surface area is 149 Å². The molecule has 0 aromatic heterocycles. The van der Waals surface area contributed by atoms with Crippen LogP contribution in [0.1, 0.15) is 11.1 Å². The van der Waals surface area contributed by atoms with Gasteiger partial charge in [0.15, 0.2) is 0 Å². The molecule has 0 saturated heterocycles. The molecule has 2 aromatic carbocycles. The summed E-state index contributed by atoms with van der Waals surface area (Å²) < 4.78 is 32.3. The Kier molecular flexibility index (Phi) is 5.31. The van der Waals surface area contributed by atoms with Crippen molar-refractivity contribution in [3.8, 4) is 0 Å². The van der Waals surface area contributed by atoms with Crippen LogP contribution in [-0.4, -0.2) is 64.4 Å². The van der Waals surface area contributed by atoms with Gasteiger partial charge in [-0.1, -0.05) is 43.0 Å². The third kappa shape index (κ3) is 2.93. The van der Waals surface area contributed by atoms with Gasteiger partial charge < -0.3 is 0 Å². The Bertz CT molecular complexity index is 705. The predicted octanol–water partition coefficient (Wildman–Crippen LogP) is 2.66. The fourth-order valence-electron chi connectivity index (χ4n) is 2.00. The van der Waals surface area contributed by atoms with Crippen LogP contribution in [0.4, 0.5) is 0 Å². The molecule has 1 N–H and O–H groups in total. The van der Waals surface area contributed by atoms with Gasteiger partial charge in [-0.25, -0.2) is 0 Å². The van der Waals surface area contributed by atoms with Crippen molar-refractivity contribution >= 4 is 78.4 Å². The molecule has 0 aliphatic rings. The molecule has 3 nitrogen and oxygen atoms in total. The average Bonchev–Trinajstić information content (AvgIpc) is 2.25. The molecule has 0 aliphatic carbocycles. The number of benzene rings is 2. The molecule has 0 saturated carbocycles. The van der Waals surface area contributed by atoms with Gasteiger partial charge in [-0.2, -0.15) is 8.42 Å². The van der Waals surface area contributed by atoms with Gasteiger partial charge in [-0.15, -0.1) is 0 Å². The molecule has 18 heavy (non-hydrogen) atoms. The zero-order valence-corrected chi connectivity index (χ0v) is 14.3. The van der Waals surface area contributed by atoms with Crippen LogP contribution in [0.5, 0.6) is 0 Å². The number of rotatable bonds is 2. The fourth-order valence-corrected chi connectivity index (χ4v) is 2.98. The predicted molar refractivity (Wildman–Crippen MR) is 74.3 cm³/mol. The molecule has 0 aliphatic heterocycles. The van der Waals surface area contributed by atoms with Crippen LogP contribution < -0.4 is 0 Å². The zero-order valence-electron chi connectivity index (χ0n) is 10.3. The van der Waals surface area contributed by atoms with E-state index in [9.17, 15) is 13.0 Å².